The van der Waals surface area contributed by atoms with Gasteiger partial charge in [-0.1, -0.05) is 0 Å². The average molecular weight is 180 g/mol. The van der Waals surface area contributed by atoms with Crippen molar-refractivity contribution in [2.45, 2.75) is 6.18 Å². The number of carboxylic acid groups (broad SMARTS) is 1. The van der Waals surface area contributed by atoms with Gasteiger partial charge in [0.2, 0.25) is 5.82 Å². The van der Waals surface area contributed by atoms with Gasteiger partial charge >= 0.3 is 6.18 Å². The molecule has 0 fully saturated rings. The molecule has 0 bridgehead atoms. The molecule has 1 heterocycles. The summed E-state index contributed by atoms with van der Waals surface area (Å²) in [6, 6.07) is 0. The molecular weight excluding hydrogens is 179 g/mol. The Morgan fingerprint density at radius 1 is 1.50 bits per heavy atom. The largest absolute Gasteiger partial charge is 0.541 e. The fraction of sp³-hybridized carbons (Fsp3) is 0.250. The van der Waals surface area contributed by atoms with Gasteiger partial charge in [-0.3, -0.25) is 5.10 Å². The van der Waals surface area contributed by atoms with Crippen LogP contribution in [0.1, 0.15) is 16.4 Å². The lowest BCUT2D eigenvalue weighted by Crippen LogP contribution is -2.23. The first-order valence-corrected chi connectivity index (χ1v) is 2.62. The van der Waals surface area contributed by atoms with Gasteiger partial charge < -0.3 is 9.90 Å². The third-order valence-corrected chi connectivity index (χ3v) is 0.936. The van der Waals surface area contributed by atoms with E-state index in [0.717, 1.165) is 0 Å². The fourth-order valence-corrected chi connectivity index (χ4v) is 0.480. The Balaban J connectivity index is 3.00. The lowest BCUT2D eigenvalue weighted by atomic mass is 10.6. The summed E-state index contributed by atoms with van der Waals surface area (Å²) < 4.78 is 35.2. The molecule has 0 unspecified atom stereocenters. The van der Waals surface area contributed by atoms with Crippen LogP contribution < -0.4 is 5.11 Å². The second-order valence-corrected chi connectivity index (χ2v) is 1.79. The van der Waals surface area contributed by atoms with Crippen molar-refractivity contribution in [1.82, 2.24) is 15.2 Å². The lowest BCUT2D eigenvalue weighted by molar-refractivity contribution is -0.256. The molecule has 0 saturated carbocycles. The quantitative estimate of drug-likeness (QED) is 0.612. The fourth-order valence-electron chi connectivity index (χ4n) is 0.480. The first kappa shape index (κ1) is 8.50. The zero-order chi connectivity index (χ0) is 9.35. The molecule has 0 aliphatic rings. The number of carbonyl (C=O) groups excluding carboxylic acids is 1. The van der Waals surface area contributed by atoms with Crippen molar-refractivity contribution in [2.75, 3.05) is 0 Å². The summed E-state index contributed by atoms with van der Waals surface area (Å²) in [5, 5.41) is 14.1. The minimum absolute atomic E-state index is 1.01. The van der Waals surface area contributed by atoms with Crippen LogP contribution in [0.15, 0.2) is 0 Å². The second kappa shape index (κ2) is 2.47. The summed E-state index contributed by atoms with van der Waals surface area (Å²) in [7, 11) is 0. The van der Waals surface area contributed by atoms with Crippen molar-refractivity contribution in [3.05, 3.63) is 11.6 Å². The third kappa shape index (κ3) is 1.52. The summed E-state index contributed by atoms with van der Waals surface area (Å²) in [5.41, 5.74) is 0. The summed E-state index contributed by atoms with van der Waals surface area (Å²) in [6.45, 7) is 0. The predicted octanol–water partition coefficient (Wildman–Crippen LogP) is -0.813. The van der Waals surface area contributed by atoms with E-state index < -0.39 is 23.8 Å². The van der Waals surface area contributed by atoms with Gasteiger partial charge in [-0.2, -0.15) is 18.3 Å². The van der Waals surface area contributed by atoms with Gasteiger partial charge in [0.25, 0.3) is 0 Å². The lowest BCUT2D eigenvalue weighted by Gasteiger charge is -1.98. The average Bonchev–Trinajstić information content (AvgIpc) is 2.30. The van der Waals surface area contributed by atoms with Crippen molar-refractivity contribution >= 4 is 5.97 Å². The number of aromatic amines is 1. The van der Waals surface area contributed by atoms with E-state index in [0.29, 0.717) is 0 Å². The zero-order valence-corrected chi connectivity index (χ0v) is 5.34. The highest BCUT2D eigenvalue weighted by Gasteiger charge is 2.35. The number of aromatic carboxylic acids is 1. The molecule has 0 aromatic carbocycles. The van der Waals surface area contributed by atoms with Crippen molar-refractivity contribution in [2.24, 2.45) is 0 Å². The molecule has 1 N–H and O–H groups in total. The number of aromatic nitrogens is 3. The molecule has 0 amide bonds. The van der Waals surface area contributed by atoms with Crippen LogP contribution in [0.3, 0.4) is 0 Å². The molecule has 66 valence electrons. The molecule has 8 heteroatoms. The number of hydrogen-bond acceptors (Lipinski definition) is 4. The van der Waals surface area contributed by atoms with Gasteiger partial charge in [-0.15, -0.1) is 0 Å². The number of nitrogens with one attached hydrogen (secondary N) is 1. The highest BCUT2D eigenvalue weighted by atomic mass is 19.4. The Labute approximate surface area is 63.2 Å². The topological polar surface area (TPSA) is 81.7 Å². The minimum atomic E-state index is -4.72. The van der Waals surface area contributed by atoms with Crippen LogP contribution in [0.2, 0.25) is 0 Å². The number of alkyl halides is 3. The molecule has 0 aliphatic carbocycles. The van der Waals surface area contributed by atoms with Crippen LogP contribution in [0.4, 0.5) is 13.2 Å². The van der Waals surface area contributed by atoms with Crippen LogP contribution in [0, 0.1) is 0 Å². The molecule has 1 rings (SSSR count). The monoisotopic (exact) mass is 180 g/mol. The van der Waals surface area contributed by atoms with Crippen molar-refractivity contribution in [3.8, 4) is 0 Å². The van der Waals surface area contributed by atoms with Gasteiger partial charge in [-0.05, 0) is 0 Å². The van der Waals surface area contributed by atoms with Crippen LogP contribution in [-0.2, 0) is 6.18 Å². The Hall–Kier alpha value is -1.60. The van der Waals surface area contributed by atoms with Gasteiger partial charge in [0.1, 0.15) is 5.97 Å². The number of hydrogen-bond donors (Lipinski definition) is 1. The van der Waals surface area contributed by atoms with Crippen LogP contribution in [0.5, 0.6) is 0 Å². The van der Waals surface area contributed by atoms with E-state index in [-0.39, 0.29) is 0 Å². The number of carboxylic acids is 1. The van der Waals surface area contributed by atoms with Gasteiger partial charge in [0.05, 0.1) is 0 Å². The molecule has 0 aliphatic heterocycles. The summed E-state index contributed by atoms with van der Waals surface area (Å²) >= 11 is 0. The molecule has 5 nitrogen and oxygen atoms in total. The maximum atomic E-state index is 11.7. The SMILES string of the molecule is O=C([O-])c1n[nH]c(C(F)(F)F)n1. The van der Waals surface area contributed by atoms with Gasteiger partial charge in [-0.25, -0.2) is 4.98 Å². The standard InChI is InChI=1S/C4H2F3N3O2/c5-4(6,7)3-8-1(2(11)12)9-10-3/h(H,11,12)(H,8,9,10)/p-1. The first-order chi connectivity index (χ1) is 5.41. The van der Waals surface area contributed by atoms with Crippen molar-refractivity contribution in [1.29, 1.82) is 0 Å². The normalized spacial score (nSPS) is 11.6. The van der Waals surface area contributed by atoms with Gasteiger partial charge in [0.15, 0.2) is 5.82 Å². The predicted molar refractivity (Wildman–Crippen MR) is 25.7 cm³/mol. The van der Waals surface area contributed by atoms with Crippen LogP contribution >= 0.6 is 0 Å². The molecular formula is C4HF3N3O2-. The van der Waals surface area contributed by atoms with E-state index in [1.807, 2.05) is 0 Å². The number of rotatable bonds is 1. The first-order valence-electron chi connectivity index (χ1n) is 2.62. The van der Waals surface area contributed by atoms with Crippen molar-refractivity contribution in [3.63, 3.8) is 0 Å². The smallest absolute Gasteiger partial charge is 0.451 e. The highest BCUT2D eigenvalue weighted by Crippen LogP contribution is 2.25. The zero-order valence-electron chi connectivity index (χ0n) is 5.34. The molecule has 1 aromatic heterocycles. The van der Waals surface area contributed by atoms with E-state index in [9.17, 15) is 23.1 Å². The van der Waals surface area contributed by atoms with Crippen molar-refractivity contribution < 1.29 is 23.1 Å². The third-order valence-electron chi connectivity index (χ3n) is 0.936. The van der Waals surface area contributed by atoms with E-state index in [1.54, 1.807) is 0 Å². The molecule has 0 saturated heterocycles. The molecule has 12 heavy (non-hydrogen) atoms. The summed E-state index contributed by atoms with van der Waals surface area (Å²) in [4.78, 5) is 12.5. The van der Waals surface area contributed by atoms with E-state index >= 15 is 0 Å². The maximum Gasteiger partial charge on any atom is 0.451 e. The molecule has 1 aromatic rings. The number of halogens is 3. The molecule has 0 radical (unpaired) electrons. The van der Waals surface area contributed by atoms with E-state index in [4.69, 9.17) is 0 Å². The molecule has 0 spiro atoms. The Morgan fingerprint density at radius 2 is 2.08 bits per heavy atom. The second-order valence-electron chi connectivity index (χ2n) is 1.79. The number of H-pyrrole nitrogens is 1. The maximum absolute atomic E-state index is 11.7. The van der Waals surface area contributed by atoms with Crippen LogP contribution in [0.25, 0.3) is 0 Å². The minimum Gasteiger partial charge on any atom is -0.541 e. The molecule has 0 atom stereocenters. The number of nitrogens with zero attached hydrogens (tertiary/aromatic N) is 2. The summed E-state index contributed by atoms with van der Waals surface area (Å²) in [6.07, 6.45) is -4.72. The Kier molecular flexibility index (Phi) is 1.75. The highest BCUT2D eigenvalue weighted by molar-refractivity contribution is 5.80. The summed E-state index contributed by atoms with van der Waals surface area (Å²) in [5.74, 6) is -4.33. The van der Waals surface area contributed by atoms with Gasteiger partial charge in [0, 0.05) is 0 Å². The number of carbonyl (C=O) groups is 1. The van der Waals surface area contributed by atoms with E-state index in [2.05, 4.69) is 10.1 Å². The Bertz CT molecular complexity index is 305. The van der Waals surface area contributed by atoms with E-state index in [1.165, 1.54) is 5.10 Å². The Morgan fingerprint density at radius 3 is 2.33 bits per heavy atom. The van der Waals surface area contributed by atoms with Crippen LogP contribution in [-0.4, -0.2) is 21.2 Å².